The molecule has 0 aliphatic carbocycles. The topological polar surface area (TPSA) is 61.2 Å². The van der Waals surface area contributed by atoms with E-state index in [2.05, 4.69) is 4.98 Å². The second kappa shape index (κ2) is 6.22. The SMILES string of the molecule is COc1cccc(C(=O)Cn2cnc3ccc(Cl)cc3c2=O)c1. The van der Waals surface area contributed by atoms with Crippen LogP contribution in [-0.4, -0.2) is 22.4 Å². The molecule has 0 aliphatic heterocycles. The molecule has 0 bridgehead atoms. The Balaban J connectivity index is 1.96. The van der Waals surface area contributed by atoms with Crippen LogP contribution in [0.3, 0.4) is 0 Å². The number of carbonyl (C=O) groups is 1. The number of hydrogen-bond donors (Lipinski definition) is 0. The van der Waals surface area contributed by atoms with Crippen molar-refractivity contribution in [2.75, 3.05) is 7.11 Å². The van der Waals surface area contributed by atoms with E-state index in [4.69, 9.17) is 16.3 Å². The van der Waals surface area contributed by atoms with Crippen LogP contribution in [0.4, 0.5) is 0 Å². The fourth-order valence-electron chi connectivity index (χ4n) is 2.29. The predicted octanol–water partition coefficient (Wildman–Crippen LogP) is 2.94. The van der Waals surface area contributed by atoms with Gasteiger partial charge in [0.25, 0.3) is 5.56 Å². The van der Waals surface area contributed by atoms with Gasteiger partial charge in [-0.1, -0.05) is 23.7 Å². The summed E-state index contributed by atoms with van der Waals surface area (Å²) in [5.74, 6) is 0.390. The Labute approximate surface area is 137 Å². The highest BCUT2D eigenvalue weighted by Gasteiger charge is 2.11. The molecule has 1 aromatic heterocycles. The lowest BCUT2D eigenvalue weighted by Gasteiger charge is -2.07. The van der Waals surface area contributed by atoms with E-state index in [1.165, 1.54) is 18.0 Å². The highest BCUT2D eigenvalue weighted by atomic mass is 35.5. The number of methoxy groups -OCH3 is 1. The summed E-state index contributed by atoms with van der Waals surface area (Å²) in [6.07, 6.45) is 1.37. The number of aromatic nitrogens is 2. The van der Waals surface area contributed by atoms with Gasteiger partial charge in [0.2, 0.25) is 0 Å². The molecule has 1 heterocycles. The second-order valence-corrected chi connectivity index (χ2v) is 5.43. The van der Waals surface area contributed by atoms with E-state index < -0.39 is 0 Å². The van der Waals surface area contributed by atoms with Crippen molar-refractivity contribution in [2.45, 2.75) is 6.54 Å². The molecule has 0 saturated heterocycles. The van der Waals surface area contributed by atoms with Crippen molar-refractivity contribution in [1.82, 2.24) is 9.55 Å². The van der Waals surface area contributed by atoms with Gasteiger partial charge in [0, 0.05) is 10.6 Å². The standard InChI is InChI=1S/C17H13ClN2O3/c1-23-13-4-2-3-11(7-13)16(21)9-20-10-19-15-6-5-12(18)8-14(15)17(20)22/h2-8,10H,9H2,1H3. The Morgan fingerprint density at radius 1 is 1.26 bits per heavy atom. The Bertz CT molecular complexity index is 950. The van der Waals surface area contributed by atoms with Gasteiger partial charge in [-0.25, -0.2) is 4.98 Å². The predicted molar refractivity (Wildman–Crippen MR) is 88.3 cm³/mol. The minimum absolute atomic E-state index is 0.0958. The van der Waals surface area contributed by atoms with Crippen LogP contribution in [-0.2, 0) is 6.54 Å². The van der Waals surface area contributed by atoms with E-state index in [1.54, 1.807) is 42.5 Å². The summed E-state index contributed by atoms with van der Waals surface area (Å²) in [7, 11) is 1.53. The number of fused-ring (bicyclic) bond motifs is 1. The molecule has 0 unspecified atom stereocenters. The number of benzene rings is 2. The van der Waals surface area contributed by atoms with Crippen LogP contribution >= 0.6 is 11.6 Å². The zero-order valence-electron chi connectivity index (χ0n) is 12.3. The fraction of sp³-hybridized carbons (Fsp3) is 0.118. The molecule has 2 aromatic carbocycles. The molecule has 23 heavy (non-hydrogen) atoms. The van der Waals surface area contributed by atoms with Gasteiger partial charge >= 0.3 is 0 Å². The van der Waals surface area contributed by atoms with Crippen molar-refractivity contribution in [3.63, 3.8) is 0 Å². The summed E-state index contributed by atoms with van der Waals surface area (Å²) in [5.41, 5.74) is 0.723. The number of rotatable bonds is 4. The lowest BCUT2D eigenvalue weighted by atomic mass is 10.1. The minimum atomic E-state index is -0.297. The number of nitrogens with zero attached hydrogens (tertiary/aromatic N) is 2. The van der Waals surface area contributed by atoms with Gasteiger partial charge < -0.3 is 4.74 Å². The summed E-state index contributed by atoms with van der Waals surface area (Å²) < 4.78 is 6.38. The summed E-state index contributed by atoms with van der Waals surface area (Å²) in [5, 5.41) is 0.840. The first kappa shape index (κ1) is 15.2. The highest BCUT2D eigenvalue weighted by Crippen LogP contribution is 2.15. The summed E-state index contributed by atoms with van der Waals surface area (Å²) in [4.78, 5) is 29.0. The molecule has 0 amide bonds. The van der Waals surface area contributed by atoms with E-state index in [-0.39, 0.29) is 17.9 Å². The Morgan fingerprint density at radius 3 is 2.87 bits per heavy atom. The van der Waals surface area contributed by atoms with Gasteiger partial charge in [-0.15, -0.1) is 0 Å². The van der Waals surface area contributed by atoms with Crippen LogP contribution in [0, 0.1) is 0 Å². The maximum absolute atomic E-state index is 12.5. The van der Waals surface area contributed by atoms with Gasteiger partial charge in [0.1, 0.15) is 5.75 Å². The van der Waals surface area contributed by atoms with E-state index in [1.807, 2.05) is 0 Å². The minimum Gasteiger partial charge on any atom is -0.497 e. The molecule has 0 atom stereocenters. The molecule has 3 aromatic rings. The highest BCUT2D eigenvalue weighted by molar-refractivity contribution is 6.31. The van der Waals surface area contributed by atoms with Crippen LogP contribution in [0.2, 0.25) is 5.02 Å². The zero-order chi connectivity index (χ0) is 16.4. The van der Waals surface area contributed by atoms with Gasteiger partial charge in [-0.3, -0.25) is 14.2 Å². The van der Waals surface area contributed by atoms with Crippen molar-refractivity contribution in [1.29, 1.82) is 0 Å². The second-order valence-electron chi connectivity index (χ2n) is 4.99. The van der Waals surface area contributed by atoms with E-state index >= 15 is 0 Å². The van der Waals surface area contributed by atoms with Gasteiger partial charge in [-0.2, -0.15) is 0 Å². The Kier molecular flexibility index (Phi) is 4.12. The molecule has 0 spiro atoms. The third kappa shape index (κ3) is 3.10. The number of halogens is 1. The molecule has 3 rings (SSSR count). The normalized spacial score (nSPS) is 10.7. The number of ketones is 1. The molecule has 0 fully saturated rings. The molecule has 0 aliphatic rings. The summed E-state index contributed by atoms with van der Waals surface area (Å²) in [6.45, 7) is -0.0958. The first-order chi connectivity index (χ1) is 11.1. The Hall–Kier alpha value is -2.66. The average molecular weight is 329 g/mol. The molecular formula is C17H13ClN2O3. The lowest BCUT2D eigenvalue weighted by Crippen LogP contribution is -2.24. The largest absolute Gasteiger partial charge is 0.497 e. The van der Waals surface area contributed by atoms with Gasteiger partial charge in [0.15, 0.2) is 5.78 Å². The van der Waals surface area contributed by atoms with Crippen molar-refractivity contribution in [3.05, 3.63) is 69.7 Å². The van der Waals surface area contributed by atoms with Gasteiger partial charge in [-0.05, 0) is 30.3 Å². The Morgan fingerprint density at radius 2 is 2.09 bits per heavy atom. The van der Waals surface area contributed by atoms with E-state index in [0.29, 0.717) is 27.2 Å². The van der Waals surface area contributed by atoms with Crippen LogP contribution in [0.5, 0.6) is 5.75 Å². The smallest absolute Gasteiger partial charge is 0.261 e. The number of hydrogen-bond acceptors (Lipinski definition) is 4. The number of ether oxygens (including phenoxy) is 1. The lowest BCUT2D eigenvalue weighted by molar-refractivity contribution is 0.0970. The molecular weight excluding hydrogens is 316 g/mol. The monoisotopic (exact) mass is 328 g/mol. The average Bonchev–Trinajstić information content (AvgIpc) is 2.58. The van der Waals surface area contributed by atoms with Crippen LogP contribution in [0.1, 0.15) is 10.4 Å². The molecule has 0 saturated carbocycles. The number of carbonyl (C=O) groups excluding carboxylic acids is 1. The zero-order valence-corrected chi connectivity index (χ0v) is 13.1. The van der Waals surface area contributed by atoms with Crippen molar-refractivity contribution >= 4 is 28.3 Å². The first-order valence-corrected chi connectivity index (χ1v) is 7.28. The maximum Gasteiger partial charge on any atom is 0.261 e. The fourth-order valence-corrected chi connectivity index (χ4v) is 2.46. The summed E-state index contributed by atoms with van der Waals surface area (Å²) >= 11 is 5.92. The molecule has 6 heteroatoms. The van der Waals surface area contributed by atoms with Crippen LogP contribution in [0.25, 0.3) is 10.9 Å². The van der Waals surface area contributed by atoms with Crippen LogP contribution in [0.15, 0.2) is 53.6 Å². The van der Waals surface area contributed by atoms with Gasteiger partial charge in [0.05, 0.1) is 30.9 Å². The number of Topliss-reactive ketones (excluding diaryl/α,β-unsaturated/α-hetero) is 1. The van der Waals surface area contributed by atoms with Crippen molar-refractivity contribution in [2.24, 2.45) is 0 Å². The van der Waals surface area contributed by atoms with Crippen molar-refractivity contribution < 1.29 is 9.53 Å². The quantitative estimate of drug-likeness (QED) is 0.691. The third-order valence-corrected chi connectivity index (χ3v) is 3.73. The van der Waals surface area contributed by atoms with E-state index in [9.17, 15) is 9.59 Å². The molecule has 5 nitrogen and oxygen atoms in total. The van der Waals surface area contributed by atoms with Crippen LogP contribution < -0.4 is 10.3 Å². The molecule has 0 N–H and O–H groups in total. The molecule has 0 radical (unpaired) electrons. The van der Waals surface area contributed by atoms with Crippen molar-refractivity contribution in [3.8, 4) is 5.75 Å². The first-order valence-electron chi connectivity index (χ1n) is 6.90. The maximum atomic E-state index is 12.5. The molecule has 116 valence electrons. The summed E-state index contributed by atoms with van der Waals surface area (Å²) in [6, 6.07) is 11.7. The van der Waals surface area contributed by atoms with E-state index in [0.717, 1.165) is 0 Å². The third-order valence-electron chi connectivity index (χ3n) is 3.49.